The van der Waals surface area contributed by atoms with Crippen LogP contribution in [-0.4, -0.2) is 18.4 Å². The molecule has 0 atom stereocenters. The molecule has 4 aromatic rings. The van der Waals surface area contributed by atoms with Crippen LogP contribution in [0.25, 0.3) is 11.1 Å². The second-order valence-electron chi connectivity index (χ2n) is 6.72. The second kappa shape index (κ2) is 7.44. The van der Waals surface area contributed by atoms with Crippen molar-refractivity contribution < 1.29 is 8.42 Å². The van der Waals surface area contributed by atoms with Crippen LogP contribution >= 0.6 is 0 Å². The number of aromatic amines is 1. The number of sulfone groups is 1. The maximum atomic E-state index is 13.2. The number of hydrogen-bond donors (Lipinski definition) is 1. The van der Waals surface area contributed by atoms with Gasteiger partial charge in [-0.2, -0.15) is 0 Å². The topological polar surface area (TPSA) is 62.8 Å². The first kappa shape index (κ1) is 18.2. The molecule has 0 bridgehead atoms. The van der Waals surface area contributed by atoms with Gasteiger partial charge in [0.05, 0.1) is 4.90 Å². The van der Waals surface area contributed by atoms with Crippen LogP contribution in [0.4, 0.5) is 0 Å². The third-order valence-corrected chi connectivity index (χ3v) is 6.36. The monoisotopic (exact) mass is 388 g/mol. The van der Waals surface area contributed by atoms with E-state index in [2.05, 4.69) is 22.1 Å². The Hall–Kier alpha value is -3.18. The van der Waals surface area contributed by atoms with Gasteiger partial charge in [0, 0.05) is 18.0 Å². The predicted octanol–water partition coefficient (Wildman–Crippen LogP) is 4.81. The molecule has 5 heteroatoms. The molecule has 0 saturated heterocycles. The van der Waals surface area contributed by atoms with Crippen LogP contribution in [0.5, 0.6) is 0 Å². The van der Waals surface area contributed by atoms with E-state index in [1.807, 2.05) is 61.5 Å². The molecule has 0 unspecified atom stereocenters. The van der Waals surface area contributed by atoms with Crippen molar-refractivity contribution >= 4 is 9.84 Å². The molecule has 1 aromatic heterocycles. The molecule has 1 heterocycles. The Kier molecular flexibility index (Phi) is 4.84. The lowest BCUT2D eigenvalue weighted by molar-refractivity contribution is 0.589. The first-order valence-corrected chi connectivity index (χ1v) is 10.5. The van der Waals surface area contributed by atoms with Gasteiger partial charge < -0.3 is 4.98 Å². The van der Waals surface area contributed by atoms with Crippen molar-refractivity contribution in [3.05, 3.63) is 102 Å². The summed E-state index contributed by atoms with van der Waals surface area (Å²) in [5.74, 6) is 0. The fourth-order valence-electron chi connectivity index (χ4n) is 3.34. The first-order valence-electron chi connectivity index (χ1n) is 9.03. The zero-order valence-corrected chi connectivity index (χ0v) is 16.3. The average Bonchev–Trinajstić information content (AvgIpc) is 3.25. The van der Waals surface area contributed by atoms with Gasteiger partial charge in [0.25, 0.3) is 0 Å². The van der Waals surface area contributed by atoms with E-state index in [1.54, 1.807) is 6.07 Å². The summed E-state index contributed by atoms with van der Waals surface area (Å²) in [4.78, 5) is 6.95. The van der Waals surface area contributed by atoms with E-state index in [-0.39, 0.29) is 10.1 Å². The molecule has 0 saturated carbocycles. The van der Waals surface area contributed by atoms with E-state index in [4.69, 9.17) is 0 Å². The quantitative estimate of drug-likeness (QED) is 0.534. The Morgan fingerprint density at radius 3 is 2.39 bits per heavy atom. The standard InChI is InChI=1S/C23H20N2O2S/c1-17-11-12-22(28(26,27)23-24-13-14-25-23)21(15-17)20-10-6-5-9-19(20)16-18-7-3-2-4-8-18/h2-15H,16H2,1H3,(H,24,25). The number of aromatic nitrogens is 2. The maximum Gasteiger partial charge on any atom is 0.240 e. The molecule has 0 aliphatic rings. The van der Waals surface area contributed by atoms with Gasteiger partial charge in [0.1, 0.15) is 0 Å². The number of imidazole rings is 1. The molecule has 4 rings (SSSR count). The molecule has 0 fully saturated rings. The molecular weight excluding hydrogens is 368 g/mol. The number of benzene rings is 3. The van der Waals surface area contributed by atoms with Crippen molar-refractivity contribution in [1.29, 1.82) is 0 Å². The summed E-state index contributed by atoms with van der Waals surface area (Å²) in [7, 11) is -3.75. The third kappa shape index (κ3) is 3.49. The van der Waals surface area contributed by atoms with Crippen LogP contribution in [-0.2, 0) is 16.3 Å². The summed E-state index contributed by atoms with van der Waals surface area (Å²) in [6.07, 6.45) is 3.69. The lowest BCUT2D eigenvalue weighted by Gasteiger charge is -2.15. The molecule has 28 heavy (non-hydrogen) atoms. The van der Waals surface area contributed by atoms with E-state index in [1.165, 1.54) is 18.0 Å². The summed E-state index contributed by atoms with van der Waals surface area (Å²) >= 11 is 0. The SMILES string of the molecule is Cc1ccc(S(=O)(=O)c2ncc[nH]2)c(-c2ccccc2Cc2ccccc2)c1. The highest BCUT2D eigenvalue weighted by Gasteiger charge is 2.25. The Labute approximate surface area is 164 Å². The van der Waals surface area contributed by atoms with Gasteiger partial charge in [0.2, 0.25) is 15.0 Å². The highest BCUT2D eigenvalue weighted by molar-refractivity contribution is 7.91. The summed E-state index contributed by atoms with van der Waals surface area (Å²) in [5, 5.41) is -0.0434. The maximum absolute atomic E-state index is 13.2. The normalized spacial score (nSPS) is 11.5. The largest absolute Gasteiger partial charge is 0.335 e. The highest BCUT2D eigenvalue weighted by Crippen LogP contribution is 2.34. The van der Waals surface area contributed by atoms with Gasteiger partial charge in [0.15, 0.2) is 0 Å². The number of hydrogen-bond acceptors (Lipinski definition) is 3. The van der Waals surface area contributed by atoms with E-state index in [0.717, 1.165) is 23.1 Å². The minimum atomic E-state index is -3.75. The van der Waals surface area contributed by atoms with Gasteiger partial charge in [-0.05, 0) is 36.1 Å². The molecule has 0 aliphatic carbocycles. The Bertz CT molecular complexity index is 1200. The van der Waals surface area contributed by atoms with Crippen molar-refractivity contribution in [3.8, 4) is 11.1 Å². The van der Waals surface area contributed by atoms with E-state index in [9.17, 15) is 8.42 Å². The van der Waals surface area contributed by atoms with E-state index in [0.29, 0.717) is 5.56 Å². The molecule has 0 radical (unpaired) electrons. The zero-order valence-electron chi connectivity index (χ0n) is 15.5. The first-order chi connectivity index (χ1) is 13.6. The molecule has 1 N–H and O–H groups in total. The molecule has 4 nitrogen and oxygen atoms in total. The number of nitrogens with one attached hydrogen (secondary N) is 1. The molecule has 0 spiro atoms. The number of rotatable bonds is 5. The number of aryl methyl sites for hydroxylation is 1. The van der Waals surface area contributed by atoms with Gasteiger partial charge in [-0.15, -0.1) is 0 Å². The smallest absolute Gasteiger partial charge is 0.240 e. The van der Waals surface area contributed by atoms with Crippen molar-refractivity contribution in [3.63, 3.8) is 0 Å². The van der Waals surface area contributed by atoms with Gasteiger partial charge >= 0.3 is 0 Å². The van der Waals surface area contributed by atoms with Gasteiger partial charge in [-0.1, -0.05) is 72.3 Å². The molecule has 0 amide bonds. The lowest BCUT2D eigenvalue weighted by Crippen LogP contribution is -2.07. The summed E-state index contributed by atoms with van der Waals surface area (Å²) < 4.78 is 26.4. The summed E-state index contributed by atoms with van der Waals surface area (Å²) in [5.41, 5.74) is 4.87. The Morgan fingerprint density at radius 2 is 1.64 bits per heavy atom. The zero-order chi connectivity index (χ0) is 19.6. The fourth-order valence-corrected chi connectivity index (χ4v) is 4.68. The third-order valence-electron chi connectivity index (χ3n) is 4.70. The summed E-state index contributed by atoms with van der Waals surface area (Å²) in [6.45, 7) is 1.96. The second-order valence-corrected chi connectivity index (χ2v) is 8.55. The Balaban J connectivity index is 1.88. The van der Waals surface area contributed by atoms with Crippen LogP contribution in [0.15, 0.2) is 95.2 Å². The molecular formula is C23H20N2O2S. The van der Waals surface area contributed by atoms with Crippen molar-refractivity contribution in [1.82, 2.24) is 9.97 Å². The van der Waals surface area contributed by atoms with Crippen LogP contribution < -0.4 is 0 Å². The van der Waals surface area contributed by atoms with Crippen LogP contribution in [0.1, 0.15) is 16.7 Å². The fraction of sp³-hybridized carbons (Fsp3) is 0.0870. The van der Waals surface area contributed by atoms with Crippen LogP contribution in [0.3, 0.4) is 0 Å². The number of H-pyrrole nitrogens is 1. The minimum Gasteiger partial charge on any atom is -0.335 e. The predicted molar refractivity (Wildman–Crippen MR) is 110 cm³/mol. The highest BCUT2D eigenvalue weighted by atomic mass is 32.2. The van der Waals surface area contributed by atoms with Crippen molar-refractivity contribution in [2.75, 3.05) is 0 Å². The van der Waals surface area contributed by atoms with Crippen molar-refractivity contribution in [2.45, 2.75) is 23.4 Å². The van der Waals surface area contributed by atoms with E-state index >= 15 is 0 Å². The van der Waals surface area contributed by atoms with Crippen LogP contribution in [0, 0.1) is 6.92 Å². The molecule has 140 valence electrons. The van der Waals surface area contributed by atoms with Crippen molar-refractivity contribution in [2.24, 2.45) is 0 Å². The average molecular weight is 388 g/mol. The van der Waals surface area contributed by atoms with Crippen LogP contribution in [0.2, 0.25) is 0 Å². The van der Waals surface area contributed by atoms with E-state index < -0.39 is 9.84 Å². The number of nitrogens with zero attached hydrogens (tertiary/aromatic N) is 1. The minimum absolute atomic E-state index is 0.0434. The Morgan fingerprint density at radius 1 is 0.893 bits per heavy atom. The lowest BCUT2D eigenvalue weighted by atomic mass is 9.94. The van der Waals surface area contributed by atoms with Gasteiger partial charge in [-0.3, -0.25) is 0 Å². The molecule has 0 aliphatic heterocycles. The summed E-state index contributed by atoms with van der Waals surface area (Å²) in [6, 6.07) is 23.5. The molecule has 3 aromatic carbocycles. The van der Waals surface area contributed by atoms with Gasteiger partial charge in [-0.25, -0.2) is 13.4 Å².